The predicted octanol–water partition coefficient (Wildman–Crippen LogP) is 3.42. The zero-order valence-electron chi connectivity index (χ0n) is 14.0. The first-order valence-corrected chi connectivity index (χ1v) is 8.57. The normalized spacial score (nSPS) is 16.7. The molecule has 1 aliphatic rings. The van der Waals surface area contributed by atoms with Crippen LogP contribution in [0.4, 0.5) is 0 Å². The SMILES string of the molecule is CN1CCN(CC(=O)c2c3ccccc3cc3ccccc23)CC1. The summed E-state index contributed by atoms with van der Waals surface area (Å²) >= 11 is 0. The third-order valence-electron chi connectivity index (χ3n) is 5.01. The van der Waals surface area contributed by atoms with Crippen LogP contribution in [0, 0.1) is 0 Å². The molecule has 0 amide bonds. The van der Waals surface area contributed by atoms with E-state index in [4.69, 9.17) is 0 Å². The van der Waals surface area contributed by atoms with Crippen molar-refractivity contribution in [3.05, 3.63) is 60.2 Å². The maximum atomic E-state index is 13.2. The van der Waals surface area contributed by atoms with Gasteiger partial charge in [-0.2, -0.15) is 0 Å². The van der Waals surface area contributed by atoms with Crippen molar-refractivity contribution in [2.24, 2.45) is 0 Å². The van der Waals surface area contributed by atoms with E-state index >= 15 is 0 Å². The molecule has 3 aromatic carbocycles. The lowest BCUT2D eigenvalue weighted by Gasteiger charge is -2.31. The third kappa shape index (κ3) is 2.81. The molecule has 122 valence electrons. The van der Waals surface area contributed by atoms with E-state index in [9.17, 15) is 4.79 Å². The third-order valence-corrected chi connectivity index (χ3v) is 5.01. The fraction of sp³-hybridized carbons (Fsp3) is 0.286. The molecule has 0 saturated carbocycles. The molecule has 1 heterocycles. The van der Waals surface area contributed by atoms with Crippen molar-refractivity contribution in [2.45, 2.75) is 0 Å². The summed E-state index contributed by atoms with van der Waals surface area (Å²) in [6.45, 7) is 4.49. The van der Waals surface area contributed by atoms with Gasteiger partial charge in [-0.1, -0.05) is 48.5 Å². The van der Waals surface area contributed by atoms with Gasteiger partial charge >= 0.3 is 0 Å². The minimum atomic E-state index is 0.229. The molecule has 0 aromatic heterocycles. The van der Waals surface area contributed by atoms with Crippen molar-refractivity contribution in [3.63, 3.8) is 0 Å². The Labute approximate surface area is 142 Å². The van der Waals surface area contributed by atoms with E-state index in [1.807, 2.05) is 24.3 Å². The van der Waals surface area contributed by atoms with Gasteiger partial charge in [0.05, 0.1) is 6.54 Å². The van der Waals surface area contributed by atoms with Gasteiger partial charge in [0.25, 0.3) is 0 Å². The lowest BCUT2D eigenvalue weighted by atomic mass is 9.94. The zero-order chi connectivity index (χ0) is 16.5. The van der Waals surface area contributed by atoms with Gasteiger partial charge in [-0.3, -0.25) is 9.69 Å². The van der Waals surface area contributed by atoms with Crippen LogP contribution in [-0.2, 0) is 0 Å². The number of hydrogen-bond acceptors (Lipinski definition) is 3. The average molecular weight is 318 g/mol. The average Bonchev–Trinajstić information content (AvgIpc) is 2.61. The van der Waals surface area contributed by atoms with Gasteiger partial charge in [0.2, 0.25) is 0 Å². The van der Waals surface area contributed by atoms with E-state index < -0.39 is 0 Å². The molecule has 1 fully saturated rings. The molecule has 0 spiro atoms. The quantitative estimate of drug-likeness (QED) is 0.546. The maximum Gasteiger partial charge on any atom is 0.178 e. The highest BCUT2D eigenvalue weighted by atomic mass is 16.1. The Morgan fingerprint density at radius 1 is 0.875 bits per heavy atom. The Kier molecular flexibility index (Phi) is 4.05. The number of carbonyl (C=O) groups excluding carboxylic acids is 1. The van der Waals surface area contributed by atoms with Crippen molar-refractivity contribution in [1.82, 2.24) is 9.80 Å². The second-order valence-corrected chi connectivity index (χ2v) is 6.70. The van der Waals surface area contributed by atoms with Gasteiger partial charge in [-0.15, -0.1) is 0 Å². The highest BCUT2D eigenvalue weighted by molar-refractivity contribution is 6.19. The fourth-order valence-electron chi connectivity index (χ4n) is 3.60. The summed E-state index contributed by atoms with van der Waals surface area (Å²) in [7, 11) is 2.14. The molecule has 4 rings (SSSR count). The molecule has 0 atom stereocenters. The number of rotatable bonds is 3. The van der Waals surface area contributed by atoms with Crippen molar-refractivity contribution >= 4 is 27.3 Å². The molecule has 24 heavy (non-hydrogen) atoms. The number of benzene rings is 3. The monoisotopic (exact) mass is 318 g/mol. The van der Waals surface area contributed by atoms with Crippen LogP contribution >= 0.6 is 0 Å². The molecule has 0 unspecified atom stereocenters. The predicted molar refractivity (Wildman–Crippen MR) is 99.7 cm³/mol. The van der Waals surface area contributed by atoms with E-state index in [2.05, 4.69) is 47.2 Å². The number of likely N-dealkylation sites (N-methyl/N-ethyl adjacent to an activating group) is 1. The first-order chi connectivity index (χ1) is 11.7. The molecule has 1 aliphatic heterocycles. The summed E-state index contributed by atoms with van der Waals surface area (Å²) in [5.74, 6) is 0.229. The van der Waals surface area contributed by atoms with Crippen LogP contribution in [0.5, 0.6) is 0 Å². The highest BCUT2D eigenvalue weighted by Crippen LogP contribution is 2.29. The molecule has 0 radical (unpaired) electrons. The highest BCUT2D eigenvalue weighted by Gasteiger charge is 2.20. The van der Waals surface area contributed by atoms with Gasteiger partial charge in [-0.05, 0) is 34.7 Å². The first-order valence-electron chi connectivity index (χ1n) is 8.57. The molecule has 0 aliphatic carbocycles. The topological polar surface area (TPSA) is 23.6 Å². The van der Waals surface area contributed by atoms with Crippen molar-refractivity contribution in [2.75, 3.05) is 39.8 Å². The largest absolute Gasteiger partial charge is 0.304 e. The Bertz CT molecular complexity index is 841. The van der Waals surface area contributed by atoms with E-state index in [-0.39, 0.29) is 5.78 Å². The summed E-state index contributed by atoms with van der Waals surface area (Å²) in [5, 5.41) is 4.40. The summed E-state index contributed by atoms with van der Waals surface area (Å²) in [6.07, 6.45) is 0. The van der Waals surface area contributed by atoms with Gasteiger partial charge in [0.15, 0.2) is 5.78 Å². The number of ketones is 1. The van der Waals surface area contributed by atoms with Gasteiger partial charge < -0.3 is 4.90 Å². The van der Waals surface area contributed by atoms with Crippen molar-refractivity contribution < 1.29 is 4.79 Å². The number of Topliss-reactive ketones (excluding diaryl/α,β-unsaturated/α-hetero) is 1. The lowest BCUT2D eigenvalue weighted by Crippen LogP contribution is -2.46. The summed E-state index contributed by atoms with van der Waals surface area (Å²) in [4.78, 5) is 17.8. The Morgan fingerprint density at radius 2 is 1.42 bits per heavy atom. The molecular formula is C21H22N2O. The van der Waals surface area contributed by atoms with Crippen LogP contribution in [0.3, 0.4) is 0 Å². The van der Waals surface area contributed by atoms with Gasteiger partial charge in [0.1, 0.15) is 0 Å². The molecule has 3 aromatic rings. The van der Waals surface area contributed by atoms with E-state index in [0.717, 1.165) is 53.3 Å². The summed E-state index contributed by atoms with van der Waals surface area (Å²) < 4.78 is 0. The number of fused-ring (bicyclic) bond motifs is 2. The molecular weight excluding hydrogens is 296 g/mol. The van der Waals surface area contributed by atoms with Crippen LogP contribution < -0.4 is 0 Å². The number of carbonyl (C=O) groups is 1. The van der Waals surface area contributed by atoms with Crippen LogP contribution in [0.25, 0.3) is 21.5 Å². The fourth-order valence-corrected chi connectivity index (χ4v) is 3.60. The van der Waals surface area contributed by atoms with Gasteiger partial charge in [0, 0.05) is 31.7 Å². The minimum absolute atomic E-state index is 0.229. The van der Waals surface area contributed by atoms with E-state index in [0.29, 0.717) is 6.54 Å². The minimum Gasteiger partial charge on any atom is -0.304 e. The van der Waals surface area contributed by atoms with Crippen LogP contribution in [-0.4, -0.2) is 55.4 Å². The molecule has 3 heteroatoms. The maximum absolute atomic E-state index is 13.2. The van der Waals surface area contributed by atoms with Crippen molar-refractivity contribution in [3.8, 4) is 0 Å². The van der Waals surface area contributed by atoms with Crippen molar-refractivity contribution in [1.29, 1.82) is 0 Å². The Morgan fingerprint density at radius 3 is 2.00 bits per heavy atom. The summed E-state index contributed by atoms with van der Waals surface area (Å²) in [6, 6.07) is 18.6. The Balaban J connectivity index is 1.77. The number of hydrogen-bond donors (Lipinski definition) is 0. The summed E-state index contributed by atoms with van der Waals surface area (Å²) in [5.41, 5.74) is 0.877. The molecule has 3 nitrogen and oxygen atoms in total. The lowest BCUT2D eigenvalue weighted by molar-refractivity contribution is 0.0879. The van der Waals surface area contributed by atoms with Crippen LogP contribution in [0.15, 0.2) is 54.6 Å². The number of nitrogens with zero attached hydrogens (tertiary/aromatic N) is 2. The molecule has 1 saturated heterocycles. The zero-order valence-corrected chi connectivity index (χ0v) is 14.0. The van der Waals surface area contributed by atoms with E-state index in [1.165, 1.54) is 0 Å². The van der Waals surface area contributed by atoms with Crippen LogP contribution in [0.2, 0.25) is 0 Å². The molecule has 0 bridgehead atoms. The van der Waals surface area contributed by atoms with Crippen LogP contribution in [0.1, 0.15) is 10.4 Å². The smallest absolute Gasteiger partial charge is 0.178 e. The number of piperazine rings is 1. The second-order valence-electron chi connectivity index (χ2n) is 6.70. The molecule has 0 N–H and O–H groups in total. The Hall–Kier alpha value is -2.23. The first kappa shape index (κ1) is 15.3. The standard InChI is InChI=1S/C21H22N2O/c1-22-10-12-23(13-11-22)15-20(24)21-18-8-4-2-6-16(18)14-17-7-3-5-9-19(17)21/h2-9,14H,10-13,15H2,1H3. The van der Waals surface area contributed by atoms with Gasteiger partial charge in [-0.25, -0.2) is 0 Å². The second kappa shape index (κ2) is 6.34. The van der Waals surface area contributed by atoms with E-state index in [1.54, 1.807) is 0 Å².